The Bertz CT molecular complexity index is 1280. The van der Waals surface area contributed by atoms with Crippen LogP contribution in [0.15, 0.2) is 41.6 Å². The average molecular weight is 499 g/mol. The number of thioether (sulfide) groups is 1. The zero-order valence-electron chi connectivity index (χ0n) is 20.1. The van der Waals surface area contributed by atoms with Gasteiger partial charge in [0.15, 0.2) is 28.4 Å². The average Bonchev–Trinajstić information content (AvgIpc) is 3.22. The molecule has 0 spiro atoms. The number of carbonyl (C=O) groups excluding carboxylic acids is 1. The quantitative estimate of drug-likeness (QED) is 0.242. The Morgan fingerprint density at radius 1 is 1.20 bits per heavy atom. The van der Waals surface area contributed by atoms with E-state index in [-0.39, 0.29) is 11.2 Å². The monoisotopic (exact) mass is 498 g/mol. The van der Waals surface area contributed by atoms with E-state index in [0.29, 0.717) is 28.6 Å². The number of piperidine rings is 1. The summed E-state index contributed by atoms with van der Waals surface area (Å²) in [5.41, 5.74) is 2.56. The Labute approximate surface area is 207 Å². The largest absolute Gasteiger partial charge is 0.496 e. The summed E-state index contributed by atoms with van der Waals surface area (Å²) in [6.45, 7) is 4.67. The molecular formula is C26H28F2N4O2S. The van der Waals surface area contributed by atoms with E-state index >= 15 is 0 Å². The Hall–Kier alpha value is -2.78. The number of nitrogens with zero attached hydrogens (tertiary/aromatic N) is 4. The third-order valence-corrected chi connectivity index (χ3v) is 8.34. The van der Waals surface area contributed by atoms with Crippen molar-refractivity contribution in [1.29, 1.82) is 0 Å². The summed E-state index contributed by atoms with van der Waals surface area (Å²) in [6, 6.07) is 9.82. The van der Waals surface area contributed by atoms with Gasteiger partial charge in [0.25, 0.3) is 0 Å². The number of likely N-dealkylation sites (tertiary alicyclic amines) is 1. The SMILES string of the molecule is COc1ccc(C23C[C@H]2CN(CCCSc2nnc(-c4ccc(F)c(F)c4)n2C)C3)cc1C(C)=O. The molecule has 5 rings (SSSR count). The van der Waals surface area contributed by atoms with Crippen molar-refractivity contribution in [3.8, 4) is 17.1 Å². The third kappa shape index (κ3) is 4.47. The van der Waals surface area contributed by atoms with E-state index in [1.807, 2.05) is 23.7 Å². The molecule has 2 aromatic carbocycles. The molecule has 2 fully saturated rings. The van der Waals surface area contributed by atoms with E-state index < -0.39 is 11.6 Å². The minimum atomic E-state index is -0.895. The second-order valence-corrected chi connectivity index (χ2v) is 10.5. The number of ether oxygens (including phenoxy) is 1. The molecule has 0 N–H and O–H groups in total. The van der Waals surface area contributed by atoms with E-state index in [0.717, 1.165) is 49.1 Å². The first kappa shape index (κ1) is 23.9. The van der Waals surface area contributed by atoms with E-state index in [9.17, 15) is 13.6 Å². The zero-order valence-corrected chi connectivity index (χ0v) is 20.9. The van der Waals surface area contributed by atoms with Crippen LogP contribution in [-0.4, -0.2) is 57.9 Å². The maximum atomic E-state index is 13.6. The second kappa shape index (κ2) is 9.35. The van der Waals surface area contributed by atoms with Crippen molar-refractivity contribution in [1.82, 2.24) is 19.7 Å². The lowest BCUT2D eigenvalue weighted by molar-refractivity contribution is 0.101. The Balaban J connectivity index is 1.15. The Morgan fingerprint density at radius 3 is 2.77 bits per heavy atom. The van der Waals surface area contributed by atoms with Crippen LogP contribution in [0.2, 0.25) is 0 Å². The fraction of sp³-hybridized carbons (Fsp3) is 0.423. The number of hydrogen-bond acceptors (Lipinski definition) is 6. The summed E-state index contributed by atoms with van der Waals surface area (Å²) in [4.78, 5) is 14.6. The molecule has 1 aliphatic heterocycles. The molecule has 2 aliphatic rings. The van der Waals surface area contributed by atoms with Gasteiger partial charge in [-0.15, -0.1) is 10.2 Å². The molecule has 1 saturated heterocycles. The number of rotatable bonds is 9. The molecule has 3 aromatic rings. The number of carbonyl (C=O) groups is 1. The smallest absolute Gasteiger partial charge is 0.191 e. The summed E-state index contributed by atoms with van der Waals surface area (Å²) < 4.78 is 34.0. The van der Waals surface area contributed by atoms with Crippen molar-refractivity contribution in [2.45, 2.75) is 30.3 Å². The van der Waals surface area contributed by atoms with Gasteiger partial charge in [-0.1, -0.05) is 17.8 Å². The molecule has 9 heteroatoms. The van der Waals surface area contributed by atoms with Crippen LogP contribution in [0, 0.1) is 17.6 Å². The number of fused-ring (bicyclic) bond motifs is 1. The Morgan fingerprint density at radius 2 is 2.03 bits per heavy atom. The van der Waals surface area contributed by atoms with Crippen molar-refractivity contribution in [3.63, 3.8) is 0 Å². The minimum absolute atomic E-state index is 0.0284. The van der Waals surface area contributed by atoms with Gasteiger partial charge in [-0.2, -0.15) is 0 Å². The summed E-state index contributed by atoms with van der Waals surface area (Å²) in [5, 5.41) is 9.14. The van der Waals surface area contributed by atoms with Crippen LogP contribution >= 0.6 is 11.8 Å². The first-order valence-electron chi connectivity index (χ1n) is 11.7. The molecule has 1 aliphatic carbocycles. The lowest BCUT2D eigenvalue weighted by Crippen LogP contribution is -2.28. The molecule has 0 bridgehead atoms. The van der Waals surface area contributed by atoms with Crippen molar-refractivity contribution in [3.05, 3.63) is 59.2 Å². The molecule has 1 aromatic heterocycles. The summed E-state index contributed by atoms with van der Waals surface area (Å²) >= 11 is 1.61. The molecule has 2 atom stereocenters. The van der Waals surface area contributed by atoms with Gasteiger partial charge in [0.05, 0.1) is 12.7 Å². The molecule has 6 nitrogen and oxygen atoms in total. The number of Topliss-reactive ketones (excluding diaryl/α,β-unsaturated/α-hetero) is 1. The van der Waals surface area contributed by atoms with Gasteiger partial charge < -0.3 is 14.2 Å². The van der Waals surface area contributed by atoms with Crippen LogP contribution in [-0.2, 0) is 12.5 Å². The van der Waals surface area contributed by atoms with Crippen molar-refractivity contribution < 1.29 is 18.3 Å². The van der Waals surface area contributed by atoms with Crippen LogP contribution in [0.4, 0.5) is 8.78 Å². The van der Waals surface area contributed by atoms with E-state index in [2.05, 4.69) is 21.2 Å². The summed E-state index contributed by atoms with van der Waals surface area (Å²) in [6.07, 6.45) is 2.18. The van der Waals surface area contributed by atoms with Crippen molar-refractivity contribution >= 4 is 17.5 Å². The molecule has 35 heavy (non-hydrogen) atoms. The third-order valence-electron chi connectivity index (χ3n) is 7.23. The molecule has 2 heterocycles. The normalized spacial score (nSPS) is 21.2. The maximum absolute atomic E-state index is 13.6. The first-order chi connectivity index (χ1) is 16.8. The van der Waals surface area contributed by atoms with Crippen LogP contribution in [0.25, 0.3) is 11.4 Å². The highest BCUT2D eigenvalue weighted by molar-refractivity contribution is 7.99. The number of methoxy groups -OCH3 is 1. The fourth-order valence-corrected chi connectivity index (χ4v) is 6.11. The highest BCUT2D eigenvalue weighted by Gasteiger charge is 2.60. The van der Waals surface area contributed by atoms with Crippen LogP contribution < -0.4 is 4.74 Å². The number of ketones is 1. The molecule has 1 saturated carbocycles. The molecule has 1 unspecified atom stereocenters. The van der Waals surface area contributed by atoms with Crippen molar-refractivity contribution in [2.24, 2.45) is 13.0 Å². The number of halogens is 2. The molecular weight excluding hydrogens is 470 g/mol. The second-order valence-electron chi connectivity index (χ2n) is 9.46. The summed E-state index contributed by atoms with van der Waals surface area (Å²) in [5.74, 6) is 0.929. The van der Waals surface area contributed by atoms with Crippen molar-refractivity contribution in [2.75, 3.05) is 32.5 Å². The van der Waals surface area contributed by atoms with E-state index in [4.69, 9.17) is 4.74 Å². The van der Waals surface area contributed by atoms with Gasteiger partial charge in [-0.3, -0.25) is 4.79 Å². The number of benzene rings is 2. The first-order valence-corrected chi connectivity index (χ1v) is 12.7. The minimum Gasteiger partial charge on any atom is -0.496 e. The molecule has 0 radical (unpaired) electrons. The van der Waals surface area contributed by atoms with E-state index in [1.54, 1.807) is 25.8 Å². The van der Waals surface area contributed by atoms with Gasteiger partial charge in [0.1, 0.15) is 5.75 Å². The predicted octanol–water partition coefficient (Wildman–Crippen LogP) is 4.73. The van der Waals surface area contributed by atoms with Gasteiger partial charge in [0, 0.05) is 36.9 Å². The number of hydrogen-bond donors (Lipinski definition) is 0. The van der Waals surface area contributed by atoms with Gasteiger partial charge in [-0.05, 0) is 68.1 Å². The van der Waals surface area contributed by atoms with Crippen LogP contribution in [0.1, 0.15) is 35.7 Å². The standard InChI is InChI=1S/C26H28F2N4O2S/c1-16(33)20-12-18(6-8-23(20)34-3)26-13-19(26)14-32(15-26)9-4-10-35-25-30-29-24(31(25)2)17-5-7-21(27)22(28)11-17/h5-8,11-12,19H,4,9-10,13-15H2,1-3H3/t19-,26?/m0/s1. The highest BCUT2D eigenvalue weighted by atomic mass is 32.2. The lowest BCUT2D eigenvalue weighted by Gasteiger charge is -2.21. The van der Waals surface area contributed by atoms with Crippen LogP contribution in [0.5, 0.6) is 5.75 Å². The fourth-order valence-electron chi connectivity index (χ4n) is 5.28. The van der Waals surface area contributed by atoms with Gasteiger partial charge in [-0.25, -0.2) is 8.78 Å². The Kier molecular flexibility index (Phi) is 6.40. The zero-order chi connectivity index (χ0) is 24.7. The molecule has 184 valence electrons. The van der Waals surface area contributed by atoms with Gasteiger partial charge >= 0.3 is 0 Å². The topological polar surface area (TPSA) is 60.2 Å². The molecule has 0 amide bonds. The van der Waals surface area contributed by atoms with Gasteiger partial charge in [0.2, 0.25) is 0 Å². The number of aromatic nitrogens is 3. The van der Waals surface area contributed by atoms with Crippen LogP contribution in [0.3, 0.4) is 0 Å². The maximum Gasteiger partial charge on any atom is 0.191 e. The highest BCUT2D eigenvalue weighted by Crippen LogP contribution is 2.59. The predicted molar refractivity (Wildman–Crippen MR) is 131 cm³/mol. The lowest BCUT2D eigenvalue weighted by atomic mass is 9.92. The summed E-state index contributed by atoms with van der Waals surface area (Å²) in [7, 11) is 3.43. The van der Waals surface area contributed by atoms with E-state index in [1.165, 1.54) is 18.1 Å².